The van der Waals surface area contributed by atoms with Crippen molar-refractivity contribution in [2.24, 2.45) is 0 Å². The number of nitrogens with zero attached hydrogens (tertiary/aromatic N) is 2. The van der Waals surface area contributed by atoms with Crippen molar-refractivity contribution in [2.75, 3.05) is 4.90 Å². The fraction of sp³-hybridized carbons (Fsp3) is 0.579. The quantitative estimate of drug-likeness (QED) is 0.514. The highest BCUT2D eigenvalue weighted by molar-refractivity contribution is 6.82. The number of hydrogen-bond donors (Lipinski definition) is 0. The minimum Gasteiger partial charge on any atom is -0.291 e. The van der Waals surface area contributed by atoms with Crippen LogP contribution in [-0.2, 0) is 4.79 Å². The largest absolute Gasteiger partial charge is 0.324 e. The molecule has 1 aliphatic rings. The van der Waals surface area contributed by atoms with Crippen LogP contribution in [-0.4, -0.2) is 30.3 Å². The van der Waals surface area contributed by atoms with Gasteiger partial charge in [0, 0.05) is 5.69 Å². The first-order chi connectivity index (χ1) is 11.5. The number of carbonyl (C=O) groups excluding carboxylic acids is 2. The van der Waals surface area contributed by atoms with Crippen molar-refractivity contribution in [1.82, 2.24) is 4.57 Å². The number of rotatable bonds is 7. The molecule has 1 aliphatic heterocycles. The van der Waals surface area contributed by atoms with Crippen molar-refractivity contribution in [3.63, 3.8) is 0 Å². The monoisotopic (exact) mass is 346 g/mol. The van der Waals surface area contributed by atoms with Gasteiger partial charge in [-0.2, -0.15) is 0 Å². The van der Waals surface area contributed by atoms with E-state index in [0.717, 1.165) is 23.8 Å². The Balaban J connectivity index is 2.64. The number of para-hydroxylation sites is 1. The van der Waals surface area contributed by atoms with Crippen LogP contribution in [0, 0.1) is 0 Å². The van der Waals surface area contributed by atoms with E-state index in [-0.39, 0.29) is 11.9 Å². The Labute approximate surface area is 146 Å². The van der Waals surface area contributed by atoms with Gasteiger partial charge in [0.25, 0.3) is 0 Å². The number of benzene rings is 1. The van der Waals surface area contributed by atoms with Crippen molar-refractivity contribution in [1.29, 1.82) is 0 Å². The Hall–Kier alpha value is -1.62. The Morgan fingerprint density at radius 3 is 1.79 bits per heavy atom. The maximum absolute atomic E-state index is 13.5. The maximum Gasteiger partial charge on any atom is 0.324 e. The molecule has 0 unspecified atom stereocenters. The van der Waals surface area contributed by atoms with Crippen LogP contribution >= 0.6 is 0 Å². The van der Waals surface area contributed by atoms with Crippen LogP contribution in [0.5, 0.6) is 0 Å². The minimum atomic E-state index is -2.11. The highest BCUT2D eigenvalue weighted by atomic mass is 28.3. The van der Waals surface area contributed by atoms with Crippen LogP contribution in [0.25, 0.3) is 0 Å². The number of amides is 3. The van der Waals surface area contributed by atoms with Crippen LogP contribution in [0.4, 0.5) is 10.5 Å². The first-order valence-electron chi connectivity index (χ1n) is 9.21. The third-order valence-electron chi connectivity index (χ3n) is 6.04. The molecule has 2 rings (SSSR count). The molecule has 3 amide bonds. The second-order valence-electron chi connectivity index (χ2n) is 6.62. The van der Waals surface area contributed by atoms with E-state index >= 15 is 0 Å². The average Bonchev–Trinajstić information content (AvgIpc) is 2.86. The summed E-state index contributed by atoms with van der Waals surface area (Å²) in [5, 5.41) is 0. The highest BCUT2D eigenvalue weighted by Gasteiger charge is 2.60. The van der Waals surface area contributed by atoms with Gasteiger partial charge in [-0.15, -0.1) is 0 Å². The minimum absolute atomic E-state index is 0.0265. The molecule has 0 saturated carbocycles. The normalized spacial score (nSPS) is 17.7. The first kappa shape index (κ1) is 18.7. The third kappa shape index (κ3) is 2.49. The van der Waals surface area contributed by atoms with Crippen LogP contribution in [0.15, 0.2) is 30.3 Å². The summed E-state index contributed by atoms with van der Waals surface area (Å²) in [5.74, 6) is 0.0265. The topological polar surface area (TPSA) is 40.6 Å². The molecule has 0 bridgehead atoms. The Morgan fingerprint density at radius 1 is 0.875 bits per heavy atom. The first-order valence-corrected chi connectivity index (χ1v) is 11.8. The molecule has 1 aromatic carbocycles. The number of imide groups is 1. The molecule has 24 heavy (non-hydrogen) atoms. The molecule has 0 spiro atoms. The summed E-state index contributed by atoms with van der Waals surface area (Å²) in [4.78, 5) is 28.7. The standard InChI is InChI=1S/C19H30N2O2Si/c1-6-19(7-2)17(22)21(24(8-3,9-4)10-5)18(23)20(19)16-14-12-11-13-15-16/h11-15H,6-10H2,1-5H3. The molecule has 0 aromatic heterocycles. The zero-order valence-corrected chi connectivity index (χ0v) is 16.6. The second-order valence-corrected chi connectivity index (χ2v) is 11.6. The lowest BCUT2D eigenvalue weighted by Gasteiger charge is -2.36. The lowest BCUT2D eigenvalue weighted by atomic mass is 9.91. The lowest BCUT2D eigenvalue weighted by Crippen LogP contribution is -2.56. The number of hydrogen-bond acceptors (Lipinski definition) is 2. The molecule has 1 aromatic rings. The van der Waals surface area contributed by atoms with Gasteiger partial charge >= 0.3 is 6.03 Å². The molecule has 5 heteroatoms. The zero-order chi connectivity index (χ0) is 18.0. The van der Waals surface area contributed by atoms with Crippen molar-refractivity contribution >= 4 is 25.9 Å². The summed E-state index contributed by atoms with van der Waals surface area (Å²) < 4.78 is 1.72. The van der Waals surface area contributed by atoms with E-state index in [0.29, 0.717) is 12.8 Å². The van der Waals surface area contributed by atoms with E-state index in [1.165, 1.54) is 0 Å². The highest BCUT2D eigenvalue weighted by Crippen LogP contribution is 2.42. The lowest BCUT2D eigenvalue weighted by molar-refractivity contribution is -0.128. The molecule has 4 nitrogen and oxygen atoms in total. The van der Waals surface area contributed by atoms with E-state index in [1.807, 2.05) is 44.2 Å². The number of carbonyl (C=O) groups is 2. The molecule has 1 saturated heterocycles. The van der Waals surface area contributed by atoms with Gasteiger partial charge < -0.3 is 0 Å². The SMILES string of the molecule is CCC1(CC)C(=O)N([Si](CC)(CC)CC)C(=O)N1c1ccccc1. The zero-order valence-electron chi connectivity index (χ0n) is 15.6. The van der Waals surface area contributed by atoms with Gasteiger partial charge in [0.1, 0.15) is 5.54 Å². The summed E-state index contributed by atoms with van der Waals surface area (Å²) in [5.41, 5.74) is 0.0872. The molecule has 1 fully saturated rings. The van der Waals surface area contributed by atoms with Crippen LogP contribution < -0.4 is 4.90 Å². The third-order valence-corrected chi connectivity index (χ3v) is 11.3. The molecule has 1 heterocycles. The fourth-order valence-electron chi connectivity index (χ4n) is 4.12. The number of urea groups is 1. The van der Waals surface area contributed by atoms with Crippen LogP contribution in [0.3, 0.4) is 0 Å². The van der Waals surface area contributed by atoms with E-state index < -0.39 is 13.8 Å². The van der Waals surface area contributed by atoms with Crippen LogP contribution in [0.1, 0.15) is 47.5 Å². The van der Waals surface area contributed by atoms with Crippen molar-refractivity contribution < 1.29 is 9.59 Å². The summed E-state index contributed by atoms with van der Waals surface area (Å²) in [6.45, 7) is 10.4. The summed E-state index contributed by atoms with van der Waals surface area (Å²) in [7, 11) is -2.11. The van der Waals surface area contributed by atoms with Gasteiger partial charge in [0.15, 0.2) is 8.24 Å². The smallest absolute Gasteiger partial charge is 0.291 e. The van der Waals surface area contributed by atoms with Crippen molar-refractivity contribution in [3.8, 4) is 0 Å². The predicted molar refractivity (Wildman–Crippen MR) is 102 cm³/mol. The second kappa shape index (κ2) is 7.09. The Morgan fingerprint density at radius 2 is 1.38 bits per heavy atom. The van der Waals surface area contributed by atoms with Gasteiger partial charge in [-0.25, -0.2) is 4.79 Å². The van der Waals surface area contributed by atoms with Gasteiger partial charge in [0.05, 0.1) is 0 Å². The van der Waals surface area contributed by atoms with Gasteiger partial charge in [0.2, 0.25) is 5.91 Å². The van der Waals surface area contributed by atoms with E-state index in [1.54, 1.807) is 9.47 Å². The fourth-order valence-corrected chi connectivity index (χ4v) is 7.71. The van der Waals surface area contributed by atoms with Crippen molar-refractivity contribution in [2.45, 2.75) is 71.1 Å². The molecule has 0 radical (unpaired) electrons. The van der Waals surface area contributed by atoms with Crippen molar-refractivity contribution in [3.05, 3.63) is 30.3 Å². The molecule has 0 N–H and O–H groups in total. The molecule has 0 atom stereocenters. The summed E-state index contributed by atoms with van der Waals surface area (Å²) in [6.07, 6.45) is 1.28. The van der Waals surface area contributed by atoms with E-state index in [9.17, 15) is 9.59 Å². The van der Waals surface area contributed by atoms with Gasteiger partial charge in [-0.1, -0.05) is 52.8 Å². The average molecular weight is 347 g/mol. The van der Waals surface area contributed by atoms with Crippen LogP contribution in [0.2, 0.25) is 18.1 Å². The summed E-state index contributed by atoms with van der Waals surface area (Å²) in [6, 6.07) is 12.3. The Bertz CT molecular complexity index is 586. The van der Waals surface area contributed by atoms with E-state index in [2.05, 4.69) is 20.8 Å². The van der Waals surface area contributed by atoms with Gasteiger partial charge in [-0.3, -0.25) is 14.3 Å². The summed E-state index contributed by atoms with van der Waals surface area (Å²) >= 11 is 0. The molecule has 0 aliphatic carbocycles. The Kier molecular flexibility index (Phi) is 5.53. The maximum atomic E-state index is 13.5. The molecular weight excluding hydrogens is 316 g/mol. The van der Waals surface area contributed by atoms with Gasteiger partial charge in [-0.05, 0) is 43.1 Å². The number of anilines is 1. The predicted octanol–water partition coefficient (Wildman–Crippen LogP) is 5.02. The molecule has 132 valence electrons. The van der Waals surface area contributed by atoms with E-state index in [4.69, 9.17) is 0 Å². The molecular formula is C19H30N2O2Si.